The molecule has 0 radical (unpaired) electrons. The second kappa shape index (κ2) is 6.22. The molecule has 3 aromatic rings. The zero-order chi connectivity index (χ0) is 15.5. The minimum Gasteiger partial charge on any atom is -0.319 e. The van der Waals surface area contributed by atoms with Gasteiger partial charge in [-0.05, 0) is 30.3 Å². The van der Waals surface area contributed by atoms with Crippen LogP contribution in [0.15, 0.2) is 54.6 Å². The third kappa shape index (κ3) is 3.13. The van der Waals surface area contributed by atoms with Crippen LogP contribution in [0.3, 0.4) is 0 Å². The van der Waals surface area contributed by atoms with Crippen LogP contribution in [0.4, 0.5) is 5.69 Å². The van der Waals surface area contributed by atoms with Crippen LogP contribution in [0.1, 0.15) is 10.5 Å². The van der Waals surface area contributed by atoms with Crippen molar-refractivity contribution < 1.29 is 4.79 Å². The first-order valence-electron chi connectivity index (χ1n) is 6.51. The molecule has 2 aromatic carbocycles. The number of aromatic amines is 1. The van der Waals surface area contributed by atoms with E-state index >= 15 is 0 Å². The van der Waals surface area contributed by atoms with Gasteiger partial charge in [-0.3, -0.25) is 9.89 Å². The highest BCUT2D eigenvalue weighted by Gasteiger charge is 2.12. The fourth-order valence-electron chi connectivity index (χ4n) is 1.96. The first-order chi connectivity index (χ1) is 10.6. The average molecular weight is 332 g/mol. The third-order valence-electron chi connectivity index (χ3n) is 3.08. The van der Waals surface area contributed by atoms with Gasteiger partial charge in [0.15, 0.2) is 0 Å². The first-order valence-corrected chi connectivity index (χ1v) is 7.26. The minimum absolute atomic E-state index is 0.305. The number of rotatable bonds is 3. The van der Waals surface area contributed by atoms with Crippen molar-refractivity contribution in [2.45, 2.75) is 0 Å². The summed E-state index contributed by atoms with van der Waals surface area (Å²) >= 11 is 11.9. The minimum atomic E-state index is -0.305. The van der Waals surface area contributed by atoms with E-state index in [1.54, 1.807) is 42.5 Å². The van der Waals surface area contributed by atoms with Gasteiger partial charge in [0.2, 0.25) is 0 Å². The van der Waals surface area contributed by atoms with Crippen molar-refractivity contribution in [1.82, 2.24) is 10.2 Å². The maximum absolute atomic E-state index is 12.2. The van der Waals surface area contributed by atoms with Crippen LogP contribution in [0, 0.1) is 0 Å². The Kier molecular flexibility index (Phi) is 4.13. The highest BCUT2D eigenvalue weighted by atomic mass is 35.5. The molecule has 0 saturated heterocycles. The maximum atomic E-state index is 12.2. The van der Waals surface area contributed by atoms with Crippen LogP contribution in [0.25, 0.3) is 11.3 Å². The molecule has 3 rings (SSSR count). The number of halogens is 2. The number of anilines is 1. The van der Waals surface area contributed by atoms with E-state index in [-0.39, 0.29) is 5.91 Å². The molecule has 1 heterocycles. The number of H-pyrrole nitrogens is 1. The van der Waals surface area contributed by atoms with Crippen molar-refractivity contribution in [2.75, 3.05) is 5.32 Å². The molecule has 4 nitrogen and oxygen atoms in total. The molecule has 2 N–H and O–H groups in total. The van der Waals surface area contributed by atoms with Crippen LogP contribution in [0.5, 0.6) is 0 Å². The largest absolute Gasteiger partial charge is 0.319 e. The number of amides is 1. The van der Waals surface area contributed by atoms with Crippen molar-refractivity contribution >= 4 is 34.8 Å². The second-order valence-corrected chi connectivity index (χ2v) is 5.45. The third-order valence-corrected chi connectivity index (χ3v) is 3.67. The van der Waals surface area contributed by atoms with Gasteiger partial charge in [-0.2, -0.15) is 5.10 Å². The number of para-hydroxylation sites is 1. The predicted molar refractivity (Wildman–Crippen MR) is 88.4 cm³/mol. The lowest BCUT2D eigenvalue weighted by atomic mass is 10.1. The van der Waals surface area contributed by atoms with Crippen molar-refractivity contribution in [1.29, 1.82) is 0 Å². The van der Waals surface area contributed by atoms with Gasteiger partial charge in [-0.25, -0.2) is 0 Å². The summed E-state index contributed by atoms with van der Waals surface area (Å²) in [7, 11) is 0. The van der Waals surface area contributed by atoms with Crippen molar-refractivity contribution in [3.8, 4) is 11.3 Å². The lowest BCUT2D eigenvalue weighted by Crippen LogP contribution is -2.12. The Morgan fingerprint density at radius 2 is 1.77 bits per heavy atom. The van der Waals surface area contributed by atoms with Crippen LogP contribution in [-0.4, -0.2) is 16.1 Å². The highest BCUT2D eigenvalue weighted by Crippen LogP contribution is 2.23. The van der Waals surface area contributed by atoms with Crippen LogP contribution < -0.4 is 5.32 Å². The smallest absolute Gasteiger partial charge is 0.273 e. The van der Waals surface area contributed by atoms with Gasteiger partial charge in [-0.1, -0.05) is 47.5 Å². The predicted octanol–water partition coefficient (Wildman–Crippen LogP) is 4.64. The standard InChI is InChI=1S/C16H11Cl2N3O/c17-11-7-5-10(6-8-11)14-9-15(21-20-14)16(22)19-13-4-2-1-3-12(13)18/h1-9H,(H,19,22)(H,20,21). The number of hydrogen-bond donors (Lipinski definition) is 2. The number of aromatic nitrogens is 2. The number of nitrogens with zero attached hydrogens (tertiary/aromatic N) is 1. The summed E-state index contributed by atoms with van der Waals surface area (Å²) in [6.07, 6.45) is 0. The van der Waals surface area contributed by atoms with E-state index in [0.717, 1.165) is 5.56 Å². The fraction of sp³-hybridized carbons (Fsp3) is 0. The lowest BCUT2D eigenvalue weighted by Gasteiger charge is -2.04. The van der Waals surface area contributed by atoms with Crippen LogP contribution in [0.2, 0.25) is 10.0 Å². The quantitative estimate of drug-likeness (QED) is 0.734. The SMILES string of the molecule is O=C(Nc1ccccc1Cl)c1cc(-c2ccc(Cl)cc2)n[nH]1. The van der Waals surface area contributed by atoms with Gasteiger partial charge < -0.3 is 5.32 Å². The van der Waals surface area contributed by atoms with Crippen LogP contribution >= 0.6 is 23.2 Å². The zero-order valence-electron chi connectivity index (χ0n) is 11.3. The molecule has 22 heavy (non-hydrogen) atoms. The van der Waals surface area contributed by atoms with Gasteiger partial charge in [-0.15, -0.1) is 0 Å². The molecule has 6 heteroatoms. The summed E-state index contributed by atoms with van der Waals surface area (Å²) in [6, 6.07) is 15.9. The van der Waals surface area contributed by atoms with Gasteiger partial charge in [0.05, 0.1) is 16.4 Å². The van der Waals surface area contributed by atoms with Gasteiger partial charge in [0.1, 0.15) is 5.69 Å². The Morgan fingerprint density at radius 3 is 2.50 bits per heavy atom. The number of hydrogen-bond acceptors (Lipinski definition) is 2. The molecule has 0 aliphatic heterocycles. The summed E-state index contributed by atoms with van der Waals surface area (Å²) in [5.74, 6) is -0.305. The molecule has 0 spiro atoms. The number of carbonyl (C=O) groups excluding carboxylic acids is 1. The van der Waals surface area contributed by atoms with E-state index < -0.39 is 0 Å². The Morgan fingerprint density at radius 1 is 1.05 bits per heavy atom. The van der Waals surface area contributed by atoms with E-state index in [2.05, 4.69) is 15.5 Å². The van der Waals surface area contributed by atoms with E-state index in [1.165, 1.54) is 0 Å². The topological polar surface area (TPSA) is 57.8 Å². The highest BCUT2D eigenvalue weighted by molar-refractivity contribution is 6.33. The van der Waals surface area contributed by atoms with Gasteiger partial charge in [0, 0.05) is 10.6 Å². The van der Waals surface area contributed by atoms with Gasteiger partial charge in [0.25, 0.3) is 5.91 Å². The van der Waals surface area contributed by atoms with E-state index in [4.69, 9.17) is 23.2 Å². The summed E-state index contributed by atoms with van der Waals surface area (Å²) in [5.41, 5.74) is 2.44. The molecule has 0 saturated carbocycles. The molecule has 0 bridgehead atoms. The molecule has 110 valence electrons. The molecule has 0 aliphatic rings. The van der Waals surface area contributed by atoms with Crippen molar-refractivity contribution in [2.24, 2.45) is 0 Å². The Hall–Kier alpha value is -2.30. The summed E-state index contributed by atoms with van der Waals surface area (Å²) in [4.78, 5) is 12.2. The summed E-state index contributed by atoms with van der Waals surface area (Å²) in [6.45, 7) is 0. The Labute approximate surface area is 137 Å². The molecule has 1 aromatic heterocycles. The fourth-order valence-corrected chi connectivity index (χ4v) is 2.27. The van der Waals surface area contributed by atoms with E-state index in [0.29, 0.717) is 27.1 Å². The van der Waals surface area contributed by atoms with E-state index in [9.17, 15) is 4.79 Å². The molecular formula is C16H11Cl2N3O. The summed E-state index contributed by atoms with van der Waals surface area (Å²) in [5, 5.41) is 10.7. The molecule has 0 fully saturated rings. The number of benzene rings is 2. The van der Waals surface area contributed by atoms with E-state index in [1.807, 2.05) is 12.1 Å². The monoisotopic (exact) mass is 331 g/mol. The first kappa shape index (κ1) is 14.6. The second-order valence-electron chi connectivity index (χ2n) is 4.61. The maximum Gasteiger partial charge on any atom is 0.273 e. The van der Waals surface area contributed by atoms with Gasteiger partial charge >= 0.3 is 0 Å². The molecule has 1 amide bonds. The van der Waals surface area contributed by atoms with Crippen molar-refractivity contribution in [3.05, 3.63) is 70.3 Å². The molecule has 0 aliphatic carbocycles. The number of nitrogens with one attached hydrogen (secondary N) is 2. The van der Waals surface area contributed by atoms with Crippen LogP contribution in [-0.2, 0) is 0 Å². The Bertz CT molecular complexity index is 812. The average Bonchev–Trinajstić information content (AvgIpc) is 3.00. The zero-order valence-corrected chi connectivity index (χ0v) is 12.8. The molecule has 0 atom stereocenters. The molecule has 0 unspecified atom stereocenters. The normalized spacial score (nSPS) is 10.5. The summed E-state index contributed by atoms with van der Waals surface area (Å²) < 4.78 is 0. The molecular weight excluding hydrogens is 321 g/mol. The van der Waals surface area contributed by atoms with Crippen molar-refractivity contribution in [3.63, 3.8) is 0 Å². The Balaban J connectivity index is 1.80. The lowest BCUT2D eigenvalue weighted by molar-refractivity contribution is 0.102. The number of carbonyl (C=O) groups is 1.